The molecule has 2 N–H and O–H groups in total. The fourth-order valence-electron chi connectivity index (χ4n) is 7.41. The average Bonchev–Trinajstić information content (AvgIpc) is 3.71. The summed E-state index contributed by atoms with van der Waals surface area (Å²) in [5, 5.41) is 18.0. The number of aromatic nitrogens is 4. The Labute approximate surface area is 343 Å². The van der Waals surface area contributed by atoms with Crippen LogP contribution < -0.4 is 10.6 Å². The molecule has 0 aliphatic carbocycles. The van der Waals surface area contributed by atoms with Gasteiger partial charge in [0.25, 0.3) is 0 Å². The Hall–Kier alpha value is -5.60. The SMILES string of the molecule is CC(C)(C)OC(=O)NC1CCN(C2CC(c3ccccc3)C(C(=O)Nc3ccc(C(=O)OC(C)(C)C)cc3)N(C(=O)C=Cc3cc(Cl)ccc3-n3cnnn3)C2)CC1. The van der Waals surface area contributed by atoms with Crippen LogP contribution in [0, 0.1) is 0 Å². The summed E-state index contributed by atoms with van der Waals surface area (Å²) in [7, 11) is 0. The molecule has 306 valence electrons. The van der Waals surface area contributed by atoms with Gasteiger partial charge in [0, 0.05) is 60.0 Å². The van der Waals surface area contributed by atoms with Gasteiger partial charge in [-0.1, -0.05) is 41.9 Å². The lowest BCUT2D eigenvalue weighted by atomic mass is 9.79. The van der Waals surface area contributed by atoms with Crippen LogP contribution in [0.2, 0.25) is 5.02 Å². The van der Waals surface area contributed by atoms with Gasteiger partial charge in [0.05, 0.1) is 11.3 Å². The maximum Gasteiger partial charge on any atom is 0.407 e. The first-order valence-corrected chi connectivity index (χ1v) is 19.9. The van der Waals surface area contributed by atoms with Gasteiger partial charge in [0.2, 0.25) is 11.8 Å². The summed E-state index contributed by atoms with van der Waals surface area (Å²) < 4.78 is 12.5. The average molecular weight is 811 g/mol. The molecule has 3 aromatic carbocycles. The van der Waals surface area contributed by atoms with E-state index in [2.05, 4.69) is 31.1 Å². The predicted octanol–water partition coefficient (Wildman–Crippen LogP) is 6.67. The van der Waals surface area contributed by atoms with Crippen molar-refractivity contribution in [2.75, 3.05) is 25.0 Å². The lowest BCUT2D eigenvalue weighted by Crippen LogP contribution is -2.61. The molecule has 0 saturated carbocycles. The highest BCUT2D eigenvalue weighted by atomic mass is 35.5. The van der Waals surface area contributed by atoms with Gasteiger partial charge in [-0.3, -0.25) is 14.5 Å². The Morgan fingerprint density at radius 2 is 1.57 bits per heavy atom. The van der Waals surface area contributed by atoms with Gasteiger partial charge in [-0.15, -0.1) is 5.10 Å². The Morgan fingerprint density at radius 3 is 2.21 bits per heavy atom. The number of carbonyl (C=O) groups excluding carboxylic acids is 4. The third kappa shape index (κ3) is 11.1. The van der Waals surface area contributed by atoms with Crippen LogP contribution in [0.15, 0.2) is 85.2 Å². The van der Waals surface area contributed by atoms with E-state index in [1.165, 1.54) is 17.1 Å². The third-order valence-electron chi connectivity index (χ3n) is 9.97. The molecule has 3 unspecified atom stereocenters. The fraction of sp³-hybridized carbons (Fsp3) is 0.419. The first-order chi connectivity index (χ1) is 27.5. The standard InChI is InChI=1S/C43H51ClN8O6/c1-42(2,3)57-40(55)29-12-16-32(17-13-29)46-39(54)38-35(28-10-8-7-9-11-28)25-34(50-22-20-33(21-23-50)47-41(56)58-43(4,5)6)26-51(38)37(53)19-14-30-24-31(44)15-18-36(30)52-27-45-48-49-52/h7-19,24,27,33-35,38H,20-23,25-26H2,1-6H3,(H,46,54)(H,47,56). The maximum absolute atomic E-state index is 14.6. The number of tetrazole rings is 1. The van der Waals surface area contributed by atoms with Crippen LogP contribution in [0.4, 0.5) is 10.5 Å². The molecule has 2 aliphatic rings. The van der Waals surface area contributed by atoms with E-state index >= 15 is 0 Å². The number of piperidine rings is 2. The van der Waals surface area contributed by atoms with Crippen molar-refractivity contribution in [3.05, 3.63) is 107 Å². The number of hydrogen-bond donors (Lipinski definition) is 2. The molecule has 4 aromatic rings. The molecular formula is C43H51ClN8O6. The summed E-state index contributed by atoms with van der Waals surface area (Å²) in [5.41, 5.74) is 1.71. The number of hydrogen-bond acceptors (Lipinski definition) is 10. The van der Waals surface area contributed by atoms with E-state index in [4.69, 9.17) is 21.1 Å². The summed E-state index contributed by atoms with van der Waals surface area (Å²) in [4.78, 5) is 58.4. The third-order valence-corrected chi connectivity index (χ3v) is 10.2. The van der Waals surface area contributed by atoms with Crippen LogP contribution in [-0.4, -0.2) is 103 Å². The highest BCUT2D eigenvalue weighted by Gasteiger charge is 2.45. The molecule has 0 spiro atoms. The van der Waals surface area contributed by atoms with Crippen molar-refractivity contribution in [3.63, 3.8) is 0 Å². The zero-order chi connectivity index (χ0) is 41.6. The second-order valence-corrected chi connectivity index (χ2v) is 17.1. The van der Waals surface area contributed by atoms with Gasteiger partial charge in [-0.2, -0.15) is 4.68 Å². The molecule has 14 nitrogen and oxygen atoms in total. The quantitative estimate of drug-likeness (QED) is 0.138. The van der Waals surface area contributed by atoms with E-state index in [0.717, 1.165) is 5.56 Å². The molecule has 0 radical (unpaired) electrons. The summed E-state index contributed by atoms with van der Waals surface area (Å²) in [6.45, 7) is 12.6. The van der Waals surface area contributed by atoms with Gasteiger partial charge in [0.1, 0.15) is 23.6 Å². The largest absolute Gasteiger partial charge is 0.456 e. The number of amides is 3. The molecule has 3 heterocycles. The molecule has 2 aliphatic heterocycles. The van der Waals surface area contributed by atoms with E-state index in [-0.39, 0.29) is 36.4 Å². The minimum Gasteiger partial charge on any atom is -0.456 e. The van der Waals surface area contributed by atoms with Crippen molar-refractivity contribution >= 4 is 47.2 Å². The van der Waals surface area contributed by atoms with E-state index in [9.17, 15) is 19.2 Å². The Morgan fingerprint density at radius 1 is 0.879 bits per heavy atom. The fourth-order valence-corrected chi connectivity index (χ4v) is 7.59. The number of ether oxygens (including phenoxy) is 2. The van der Waals surface area contributed by atoms with E-state index in [1.807, 2.05) is 51.1 Å². The molecule has 15 heteroatoms. The number of rotatable bonds is 9. The Bertz CT molecular complexity index is 2090. The Kier molecular flexibility index (Phi) is 13.0. The predicted molar refractivity (Wildman–Crippen MR) is 220 cm³/mol. The number of likely N-dealkylation sites (tertiary alicyclic amines) is 2. The number of nitrogens with one attached hydrogen (secondary N) is 2. The molecule has 3 amide bonds. The number of nitrogens with zero attached hydrogens (tertiary/aromatic N) is 6. The second kappa shape index (κ2) is 17.9. The monoisotopic (exact) mass is 810 g/mol. The highest BCUT2D eigenvalue weighted by molar-refractivity contribution is 6.30. The van der Waals surface area contributed by atoms with E-state index in [0.29, 0.717) is 59.9 Å². The molecular weight excluding hydrogens is 760 g/mol. The van der Waals surface area contributed by atoms with Crippen LogP contribution in [-0.2, 0) is 19.1 Å². The second-order valence-electron chi connectivity index (χ2n) is 16.7. The molecule has 6 rings (SSSR count). The van der Waals surface area contributed by atoms with Crippen LogP contribution in [0.25, 0.3) is 11.8 Å². The van der Waals surface area contributed by atoms with Crippen molar-refractivity contribution in [1.29, 1.82) is 0 Å². The topological polar surface area (TPSA) is 161 Å². The van der Waals surface area contributed by atoms with E-state index < -0.39 is 29.3 Å². The van der Waals surface area contributed by atoms with Crippen molar-refractivity contribution in [2.45, 2.75) is 96.1 Å². The van der Waals surface area contributed by atoms with Crippen molar-refractivity contribution in [2.24, 2.45) is 0 Å². The lowest BCUT2D eigenvalue weighted by Gasteiger charge is -2.48. The normalized spacial score (nSPS) is 19.4. The van der Waals surface area contributed by atoms with Crippen LogP contribution >= 0.6 is 11.6 Å². The zero-order valence-electron chi connectivity index (χ0n) is 33.7. The zero-order valence-corrected chi connectivity index (χ0v) is 34.5. The molecule has 2 saturated heterocycles. The van der Waals surface area contributed by atoms with Gasteiger partial charge < -0.3 is 25.0 Å². The molecule has 58 heavy (non-hydrogen) atoms. The summed E-state index contributed by atoms with van der Waals surface area (Å²) >= 11 is 6.39. The number of halogens is 1. The van der Waals surface area contributed by atoms with E-state index in [1.54, 1.807) is 74.2 Å². The van der Waals surface area contributed by atoms with Crippen LogP contribution in [0.1, 0.15) is 88.2 Å². The summed E-state index contributed by atoms with van der Waals surface area (Å²) in [5.74, 6) is -1.57. The lowest BCUT2D eigenvalue weighted by molar-refractivity contribution is -0.139. The first-order valence-electron chi connectivity index (χ1n) is 19.5. The number of benzene rings is 3. The van der Waals surface area contributed by atoms with Crippen molar-refractivity contribution in [1.82, 2.24) is 35.3 Å². The van der Waals surface area contributed by atoms with Crippen LogP contribution in [0.3, 0.4) is 0 Å². The molecule has 3 atom stereocenters. The molecule has 2 fully saturated rings. The highest BCUT2D eigenvalue weighted by Crippen LogP contribution is 2.37. The van der Waals surface area contributed by atoms with Crippen LogP contribution in [0.5, 0.6) is 0 Å². The van der Waals surface area contributed by atoms with Gasteiger partial charge in [0.15, 0.2) is 0 Å². The maximum atomic E-state index is 14.6. The summed E-state index contributed by atoms with van der Waals surface area (Å²) in [6, 6.07) is 20.4. The number of carbonyl (C=O) groups is 4. The number of anilines is 1. The van der Waals surface area contributed by atoms with Gasteiger partial charge in [-0.05, 0) is 125 Å². The molecule has 0 bridgehead atoms. The summed E-state index contributed by atoms with van der Waals surface area (Å²) in [6.07, 6.45) is 6.15. The molecule has 1 aromatic heterocycles. The Balaban J connectivity index is 1.30. The smallest absolute Gasteiger partial charge is 0.407 e. The van der Waals surface area contributed by atoms with Gasteiger partial charge in [-0.25, -0.2) is 9.59 Å². The minimum absolute atomic E-state index is 0.0485. The number of esters is 1. The van der Waals surface area contributed by atoms with Gasteiger partial charge >= 0.3 is 12.1 Å². The number of alkyl carbamates (subject to hydrolysis) is 1. The minimum atomic E-state index is -0.897. The van der Waals surface area contributed by atoms with Crippen molar-refractivity contribution in [3.8, 4) is 5.69 Å². The van der Waals surface area contributed by atoms with Crippen molar-refractivity contribution < 1.29 is 28.7 Å². The first kappa shape index (κ1) is 42.0.